The minimum absolute atomic E-state index is 0.455. The van der Waals surface area contributed by atoms with Gasteiger partial charge in [-0.3, -0.25) is 14.8 Å². The van der Waals surface area contributed by atoms with Crippen LogP contribution in [0.4, 0.5) is 0 Å². The lowest BCUT2D eigenvalue weighted by molar-refractivity contribution is 0.0183. The van der Waals surface area contributed by atoms with Gasteiger partial charge in [0, 0.05) is 38.8 Å². The molecule has 104 valence electrons. The molecule has 0 saturated carbocycles. The molecule has 0 amide bonds. The van der Waals surface area contributed by atoms with Crippen LogP contribution in [-0.4, -0.2) is 65.2 Å². The molecule has 2 fully saturated rings. The van der Waals surface area contributed by atoms with Crippen molar-refractivity contribution in [1.29, 1.82) is 0 Å². The molecule has 3 rings (SSSR count). The average molecular weight is 283 g/mol. The van der Waals surface area contributed by atoms with Gasteiger partial charge in [0.25, 0.3) is 0 Å². The van der Waals surface area contributed by atoms with Crippen molar-refractivity contribution < 1.29 is 4.74 Å². The molecule has 2 aliphatic heterocycles. The number of likely N-dealkylation sites (tertiary alicyclic amines) is 1. The first kappa shape index (κ1) is 13.2. The Morgan fingerprint density at radius 3 is 2.79 bits per heavy atom. The van der Waals surface area contributed by atoms with Crippen molar-refractivity contribution in [2.45, 2.75) is 19.0 Å². The normalized spacial score (nSPS) is 25.8. The molecule has 3 heterocycles. The van der Waals surface area contributed by atoms with Crippen molar-refractivity contribution in [3.63, 3.8) is 0 Å². The summed E-state index contributed by atoms with van der Waals surface area (Å²) in [6.07, 6.45) is 4.62. The smallest absolute Gasteiger partial charge is 0.147 e. The Balaban J connectivity index is 1.52. The lowest BCUT2D eigenvalue weighted by Gasteiger charge is -2.32. The van der Waals surface area contributed by atoms with Crippen LogP contribution in [0.15, 0.2) is 12.4 Å². The first-order valence-electron chi connectivity index (χ1n) is 6.82. The van der Waals surface area contributed by atoms with E-state index in [0.29, 0.717) is 11.2 Å². The summed E-state index contributed by atoms with van der Waals surface area (Å²) in [5.41, 5.74) is 0.993. The summed E-state index contributed by atoms with van der Waals surface area (Å²) in [6, 6.07) is 0.671. The van der Waals surface area contributed by atoms with Crippen LogP contribution in [0, 0.1) is 0 Å². The predicted molar refractivity (Wildman–Crippen MR) is 73.1 cm³/mol. The molecule has 2 saturated heterocycles. The van der Waals surface area contributed by atoms with E-state index in [9.17, 15) is 0 Å². The number of rotatable bonds is 3. The van der Waals surface area contributed by atoms with Crippen molar-refractivity contribution in [2.75, 3.05) is 39.4 Å². The highest BCUT2D eigenvalue weighted by Crippen LogP contribution is 2.18. The third-order valence-corrected chi connectivity index (χ3v) is 4.06. The first-order chi connectivity index (χ1) is 9.31. The van der Waals surface area contributed by atoms with Crippen molar-refractivity contribution in [2.24, 2.45) is 0 Å². The van der Waals surface area contributed by atoms with E-state index in [1.807, 2.05) is 0 Å². The van der Waals surface area contributed by atoms with Gasteiger partial charge in [0.15, 0.2) is 0 Å². The highest BCUT2D eigenvalue weighted by atomic mass is 35.5. The highest BCUT2D eigenvalue weighted by Gasteiger charge is 2.28. The minimum atomic E-state index is 0.455. The third kappa shape index (κ3) is 3.42. The molecule has 6 heteroatoms. The molecule has 2 aliphatic rings. The van der Waals surface area contributed by atoms with Crippen molar-refractivity contribution in [3.8, 4) is 0 Å². The number of morpholine rings is 1. The maximum Gasteiger partial charge on any atom is 0.147 e. The van der Waals surface area contributed by atoms with Gasteiger partial charge < -0.3 is 4.74 Å². The molecule has 5 nitrogen and oxygen atoms in total. The van der Waals surface area contributed by atoms with Gasteiger partial charge in [-0.15, -0.1) is 0 Å². The lowest BCUT2D eigenvalue weighted by atomic mass is 10.2. The van der Waals surface area contributed by atoms with Crippen LogP contribution in [0.1, 0.15) is 12.1 Å². The van der Waals surface area contributed by atoms with Crippen molar-refractivity contribution in [3.05, 3.63) is 23.2 Å². The van der Waals surface area contributed by atoms with E-state index in [-0.39, 0.29) is 0 Å². The van der Waals surface area contributed by atoms with Gasteiger partial charge in [-0.1, -0.05) is 11.6 Å². The Kier molecular flexibility index (Phi) is 4.28. The number of ether oxygens (including phenoxy) is 1. The summed E-state index contributed by atoms with van der Waals surface area (Å²) in [5.74, 6) is 0. The van der Waals surface area contributed by atoms with E-state index in [1.54, 1.807) is 12.4 Å². The van der Waals surface area contributed by atoms with Gasteiger partial charge in [0.2, 0.25) is 0 Å². The van der Waals surface area contributed by atoms with Gasteiger partial charge >= 0.3 is 0 Å². The van der Waals surface area contributed by atoms with E-state index in [2.05, 4.69) is 19.8 Å². The van der Waals surface area contributed by atoms with E-state index < -0.39 is 0 Å². The van der Waals surface area contributed by atoms with E-state index >= 15 is 0 Å². The average Bonchev–Trinajstić information content (AvgIpc) is 2.91. The molecule has 0 radical (unpaired) electrons. The summed E-state index contributed by atoms with van der Waals surface area (Å²) < 4.78 is 5.41. The van der Waals surface area contributed by atoms with Crippen LogP contribution in [-0.2, 0) is 11.3 Å². The fourth-order valence-corrected chi connectivity index (χ4v) is 2.94. The molecule has 0 aliphatic carbocycles. The van der Waals surface area contributed by atoms with Crippen molar-refractivity contribution >= 4 is 11.6 Å². The molecule has 19 heavy (non-hydrogen) atoms. The fourth-order valence-electron chi connectivity index (χ4n) is 2.85. The first-order valence-corrected chi connectivity index (χ1v) is 7.19. The summed E-state index contributed by atoms with van der Waals surface area (Å²) in [4.78, 5) is 13.4. The van der Waals surface area contributed by atoms with E-state index in [4.69, 9.17) is 16.3 Å². The van der Waals surface area contributed by atoms with Crippen LogP contribution in [0.2, 0.25) is 5.15 Å². The molecular formula is C13H19ClN4O. The Morgan fingerprint density at radius 1 is 1.21 bits per heavy atom. The standard InChI is InChI=1S/C13H19ClN4O/c14-13-8-15-11(7-16-13)9-17-2-1-12(10-17)18-3-5-19-6-4-18/h7-8,12H,1-6,9-10H2. The van der Waals surface area contributed by atoms with Gasteiger partial charge in [-0.25, -0.2) is 4.98 Å². The monoisotopic (exact) mass is 282 g/mol. The molecule has 1 aromatic heterocycles. The Hall–Kier alpha value is -0.750. The molecule has 1 aromatic rings. The zero-order valence-electron chi connectivity index (χ0n) is 11.0. The molecule has 0 aromatic carbocycles. The lowest BCUT2D eigenvalue weighted by Crippen LogP contribution is -2.44. The Labute approximate surface area is 118 Å². The molecule has 0 N–H and O–H groups in total. The topological polar surface area (TPSA) is 41.5 Å². The molecular weight excluding hydrogens is 264 g/mol. The zero-order chi connectivity index (χ0) is 13.1. The zero-order valence-corrected chi connectivity index (χ0v) is 11.7. The van der Waals surface area contributed by atoms with E-state index in [0.717, 1.165) is 51.6 Å². The highest BCUT2D eigenvalue weighted by molar-refractivity contribution is 6.29. The van der Waals surface area contributed by atoms with Crippen LogP contribution < -0.4 is 0 Å². The Bertz CT molecular complexity index is 408. The molecule has 0 spiro atoms. The fraction of sp³-hybridized carbons (Fsp3) is 0.692. The number of aromatic nitrogens is 2. The largest absolute Gasteiger partial charge is 0.379 e. The van der Waals surface area contributed by atoms with Gasteiger partial charge in [-0.05, 0) is 6.42 Å². The number of hydrogen-bond donors (Lipinski definition) is 0. The summed E-state index contributed by atoms with van der Waals surface area (Å²) in [7, 11) is 0. The number of nitrogens with zero attached hydrogens (tertiary/aromatic N) is 4. The van der Waals surface area contributed by atoms with Crippen LogP contribution >= 0.6 is 11.6 Å². The van der Waals surface area contributed by atoms with Crippen LogP contribution in [0.25, 0.3) is 0 Å². The number of halogens is 1. The maximum atomic E-state index is 5.75. The SMILES string of the molecule is Clc1cnc(CN2CCC(N3CCOCC3)C2)cn1. The molecule has 1 atom stereocenters. The van der Waals surface area contributed by atoms with Gasteiger partial charge in [0.05, 0.1) is 31.3 Å². The summed E-state index contributed by atoms with van der Waals surface area (Å²) in [6.45, 7) is 7.00. The Morgan fingerprint density at radius 2 is 2.05 bits per heavy atom. The van der Waals surface area contributed by atoms with E-state index in [1.165, 1.54) is 6.42 Å². The van der Waals surface area contributed by atoms with Crippen molar-refractivity contribution in [1.82, 2.24) is 19.8 Å². The minimum Gasteiger partial charge on any atom is -0.379 e. The second-order valence-corrected chi connectivity index (χ2v) is 5.54. The second-order valence-electron chi connectivity index (χ2n) is 5.16. The third-order valence-electron chi connectivity index (χ3n) is 3.87. The molecule has 0 bridgehead atoms. The maximum absolute atomic E-state index is 5.75. The molecule has 1 unspecified atom stereocenters. The van der Waals surface area contributed by atoms with Gasteiger partial charge in [-0.2, -0.15) is 0 Å². The van der Waals surface area contributed by atoms with Gasteiger partial charge in [0.1, 0.15) is 5.15 Å². The summed E-state index contributed by atoms with van der Waals surface area (Å²) >= 11 is 5.75. The summed E-state index contributed by atoms with van der Waals surface area (Å²) in [5, 5.41) is 0.455. The number of hydrogen-bond acceptors (Lipinski definition) is 5. The van der Waals surface area contributed by atoms with Crippen LogP contribution in [0.3, 0.4) is 0 Å². The second kappa shape index (κ2) is 6.13. The van der Waals surface area contributed by atoms with Crippen LogP contribution in [0.5, 0.6) is 0 Å². The quantitative estimate of drug-likeness (QED) is 0.829. The predicted octanol–water partition coefficient (Wildman–Crippen LogP) is 1.04.